The first-order valence-corrected chi connectivity index (χ1v) is 6.32. The maximum absolute atomic E-state index is 12.3. The van der Waals surface area contributed by atoms with Gasteiger partial charge in [-0.2, -0.15) is 0 Å². The summed E-state index contributed by atoms with van der Waals surface area (Å²) in [6.45, 7) is 5.13. The Morgan fingerprint density at radius 2 is 1.73 bits per heavy atom. The summed E-state index contributed by atoms with van der Waals surface area (Å²) in [6, 6.07) is 0. The van der Waals surface area contributed by atoms with Crippen LogP contribution < -0.4 is 5.73 Å². The fourth-order valence-electron chi connectivity index (χ4n) is 3.30. The van der Waals surface area contributed by atoms with Crippen molar-refractivity contribution in [3.63, 3.8) is 0 Å². The third kappa shape index (κ3) is 2.10. The Bertz CT molecular complexity index is 247. The first kappa shape index (κ1) is 11.1. The third-order valence-corrected chi connectivity index (χ3v) is 4.32. The second-order valence-corrected chi connectivity index (χ2v) is 5.96. The topological polar surface area (TPSA) is 43.1 Å². The van der Waals surface area contributed by atoms with Crippen molar-refractivity contribution >= 4 is 5.78 Å². The molecule has 0 aliphatic heterocycles. The Balaban J connectivity index is 2.01. The number of hydrogen-bond donors (Lipinski definition) is 1. The van der Waals surface area contributed by atoms with Crippen molar-refractivity contribution < 1.29 is 4.79 Å². The Morgan fingerprint density at radius 3 is 2.13 bits per heavy atom. The van der Waals surface area contributed by atoms with Crippen LogP contribution in [0.1, 0.15) is 46.0 Å². The molecule has 0 spiro atoms. The van der Waals surface area contributed by atoms with Crippen LogP contribution in [-0.4, -0.2) is 12.3 Å². The van der Waals surface area contributed by atoms with Gasteiger partial charge in [0.2, 0.25) is 0 Å². The number of carbonyl (C=O) groups is 1. The van der Waals surface area contributed by atoms with Crippen LogP contribution in [0.25, 0.3) is 0 Å². The lowest BCUT2D eigenvalue weighted by Crippen LogP contribution is -2.35. The van der Waals surface area contributed by atoms with Crippen LogP contribution in [0.5, 0.6) is 0 Å². The average molecular weight is 209 g/mol. The predicted octanol–water partition coefficient (Wildman–Crippen LogP) is 2.37. The molecule has 2 unspecified atom stereocenters. The van der Waals surface area contributed by atoms with Crippen LogP contribution in [-0.2, 0) is 4.79 Å². The zero-order valence-corrected chi connectivity index (χ0v) is 9.96. The molecule has 0 aromatic heterocycles. The van der Waals surface area contributed by atoms with E-state index in [0.717, 1.165) is 37.5 Å². The summed E-state index contributed by atoms with van der Waals surface area (Å²) < 4.78 is 0. The maximum atomic E-state index is 12.3. The molecule has 2 atom stereocenters. The summed E-state index contributed by atoms with van der Waals surface area (Å²) in [5, 5.41) is 0. The molecule has 0 aromatic carbocycles. The van der Waals surface area contributed by atoms with Gasteiger partial charge in [-0.25, -0.2) is 0 Å². The van der Waals surface area contributed by atoms with E-state index >= 15 is 0 Å². The molecule has 2 saturated carbocycles. The van der Waals surface area contributed by atoms with Gasteiger partial charge in [-0.15, -0.1) is 0 Å². The SMILES string of the molecule is CC1CC(C)CC(C(=O)C2(CN)CC2)C1. The van der Waals surface area contributed by atoms with Gasteiger partial charge < -0.3 is 5.73 Å². The minimum absolute atomic E-state index is 0.0819. The summed E-state index contributed by atoms with van der Waals surface area (Å²) in [5.41, 5.74) is 5.64. The van der Waals surface area contributed by atoms with Crippen LogP contribution in [0.4, 0.5) is 0 Å². The summed E-state index contributed by atoms with van der Waals surface area (Å²) in [5.74, 6) is 2.24. The third-order valence-electron chi connectivity index (χ3n) is 4.32. The lowest BCUT2D eigenvalue weighted by atomic mass is 9.72. The summed E-state index contributed by atoms with van der Waals surface area (Å²) in [6.07, 6.45) is 5.58. The zero-order chi connectivity index (χ0) is 11.1. The van der Waals surface area contributed by atoms with E-state index in [9.17, 15) is 4.79 Å². The van der Waals surface area contributed by atoms with Gasteiger partial charge >= 0.3 is 0 Å². The van der Waals surface area contributed by atoms with E-state index in [4.69, 9.17) is 5.73 Å². The van der Waals surface area contributed by atoms with Gasteiger partial charge in [0.1, 0.15) is 5.78 Å². The largest absolute Gasteiger partial charge is 0.329 e. The number of Topliss-reactive ketones (excluding diaryl/α,β-unsaturated/α-hetero) is 1. The maximum Gasteiger partial charge on any atom is 0.143 e. The number of ketones is 1. The van der Waals surface area contributed by atoms with Crippen molar-refractivity contribution in [2.75, 3.05) is 6.54 Å². The smallest absolute Gasteiger partial charge is 0.143 e. The molecule has 0 heterocycles. The minimum Gasteiger partial charge on any atom is -0.329 e. The lowest BCUT2D eigenvalue weighted by molar-refractivity contribution is -0.129. The predicted molar refractivity (Wildman–Crippen MR) is 61.4 cm³/mol. The van der Waals surface area contributed by atoms with Crippen molar-refractivity contribution in [1.29, 1.82) is 0 Å². The molecule has 0 amide bonds. The Morgan fingerprint density at radius 1 is 1.20 bits per heavy atom. The Labute approximate surface area is 92.6 Å². The highest BCUT2D eigenvalue weighted by Gasteiger charge is 2.51. The van der Waals surface area contributed by atoms with E-state index in [2.05, 4.69) is 13.8 Å². The molecule has 2 fully saturated rings. The first-order valence-electron chi connectivity index (χ1n) is 6.32. The van der Waals surface area contributed by atoms with E-state index in [0.29, 0.717) is 18.2 Å². The van der Waals surface area contributed by atoms with E-state index in [1.807, 2.05) is 0 Å². The van der Waals surface area contributed by atoms with Gasteiger partial charge in [0.15, 0.2) is 0 Å². The summed E-state index contributed by atoms with van der Waals surface area (Å²) in [7, 11) is 0. The monoisotopic (exact) mass is 209 g/mol. The molecule has 2 rings (SSSR count). The molecule has 86 valence electrons. The van der Waals surface area contributed by atoms with Gasteiger partial charge in [0.05, 0.1) is 0 Å². The van der Waals surface area contributed by atoms with Crippen LogP contribution in [0.15, 0.2) is 0 Å². The first-order chi connectivity index (χ1) is 7.07. The minimum atomic E-state index is -0.0819. The highest BCUT2D eigenvalue weighted by atomic mass is 16.1. The molecule has 0 aromatic rings. The second kappa shape index (κ2) is 3.89. The van der Waals surface area contributed by atoms with E-state index < -0.39 is 0 Å². The quantitative estimate of drug-likeness (QED) is 0.775. The van der Waals surface area contributed by atoms with Crippen LogP contribution in [0.2, 0.25) is 0 Å². The molecule has 0 radical (unpaired) electrons. The molecule has 2 aliphatic rings. The number of rotatable bonds is 3. The molecular weight excluding hydrogens is 186 g/mol. The van der Waals surface area contributed by atoms with Crippen LogP contribution in [0, 0.1) is 23.2 Å². The van der Waals surface area contributed by atoms with Crippen molar-refractivity contribution in [1.82, 2.24) is 0 Å². The lowest BCUT2D eigenvalue weighted by Gasteiger charge is -2.32. The number of hydrogen-bond acceptors (Lipinski definition) is 2. The van der Waals surface area contributed by atoms with Gasteiger partial charge in [-0.3, -0.25) is 4.79 Å². The molecule has 0 bridgehead atoms. The van der Waals surface area contributed by atoms with Crippen LogP contribution >= 0.6 is 0 Å². The van der Waals surface area contributed by atoms with Gasteiger partial charge in [-0.05, 0) is 43.9 Å². The van der Waals surface area contributed by atoms with Crippen molar-refractivity contribution in [2.24, 2.45) is 28.9 Å². The Kier molecular flexibility index (Phi) is 2.89. The molecule has 0 saturated heterocycles. The highest BCUT2D eigenvalue weighted by Crippen LogP contribution is 2.49. The van der Waals surface area contributed by atoms with Crippen molar-refractivity contribution in [2.45, 2.75) is 46.0 Å². The second-order valence-electron chi connectivity index (χ2n) is 5.96. The normalized spacial score (nSPS) is 38.7. The fraction of sp³-hybridized carbons (Fsp3) is 0.923. The Hall–Kier alpha value is -0.370. The van der Waals surface area contributed by atoms with E-state index in [1.54, 1.807) is 0 Å². The molecule has 2 aliphatic carbocycles. The van der Waals surface area contributed by atoms with Crippen LogP contribution in [0.3, 0.4) is 0 Å². The molecule has 2 N–H and O–H groups in total. The molecule has 15 heavy (non-hydrogen) atoms. The van der Waals surface area contributed by atoms with Crippen molar-refractivity contribution in [3.05, 3.63) is 0 Å². The fourth-order valence-corrected chi connectivity index (χ4v) is 3.30. The summed E-state index contributed by atoms with van der Waals surface area (Å²) in [4.78, 5) is 12.3. The van der Waals surface area contributed by atoms with E-state index in [1.165, 1.54) is 6.42 Å². The molecule has 2 heteroatoms. The molecular formula is C13H23NO. The molecule has 2 nitrogen and oxygen atoms in total. The highest BCUT2D eigenvalue weighted by molar-refractivity contribution is 5.89. The van der Waals surface area contributed by atoms with Gasteiger partial charge in [0, 0.05) is 17.9 Å². The zero-order valence-electron chi connectivity index (χ0n) is 9.96. The van der Waals surface area contributed by atoms with Crippen molar-refractivity contribution in [3.8, 4) is 0 Å². The van der Waals surface area contributed by atoms with Gasteiger partial charge in [-0.1, -0.05) is 13.8 Å². The number of nitrogens with two attached hydrogens (primary N) is 1. The standard InChI is InChI=1S/C13H23NO/c1-9-5-10(2)7-11(6-9)12(15)13(8-14)3-4-13/h9-11H,3-8,14H2,1-2H3. The average Bonchev–Trinajstić information content (AvgIpc) is 2.95. The van der Waals surface area contributed by atoms with E-state index in [-0.39, 0.29) is 5.41 Å². The van der Waals surface area contributed by atoms with Gasteiger partial charge in [0.25, 0.3) is 0 Å². The number of carbonyl (C=O) groups excluding carboxylic acids is 1. The summed E-state index contributed by atoms with van der Waals surface area (Å²) >= 11 is 0.